The Kier molecular flexibility index (Phi) is 5.61. The van der Waals surface area contributed by atoms with Crippen molar-refractivity contribution in [2.45, 2.75) is 88.3 Å². The lowest BCUT2D eigenvalue weighted by atomic mass is 9.76. The molecular formula is C28H34O5. The average Bonchev–Trinajstić information content (AvgIpc) is 3.48. The second-order valence-electron chi connectivity index (χ2n) is 10.3. The molecule has 0 aromatic heterocycles. The van der Waals surface area contributed by atoms with E-state index in [1.54, 1.807) is 0 Å². The zero-order chi connectivity index (χ0) is 22.1. The Balaban J connectivity index is 1.28. The molecule has 2 saturated carbocycles. The molecule has 6 rings (SSSR count). The molecule has 2 aromatic carbocycles. The maximum Gasteiger partial charge on any atom is 0.231 e. The lowest BCUT2D eigenvalue weighted by Gasteiger charge is -2.48. The highest BCUT2D eigenvalue weighted by Gasteiger charge is 2.43. The summed E-state index contributed by atoms with van der Waals surface area (Å²) in [6, 6.07) is 12.8. The molecule has 0 spiro atoms. The normalized spacial score (nSPS) is 22.3. The van der Waals surface area contributed by atoms with E-state index >= 15 is 0 Å². The first-order chi connectivity index (χ1) is 16.2. The summed E-state index contributed by atoms with van der Waals surface area (Å²) in [5.74, 6) is 3.44. The van der Waals surface area contributed by atoms with Gasteiger partial charge in [-0.05, 0) is 61.1 Å². The zero-order valence-electron chi connectivity index (χ0n) is 19.4. The summed E-state index contributed by atoms with van der Waals surface area (Å²) in [7, 11) is 0. The highest BCUT2D eigenvalue weighted by Crippen LogP contribution is 2.45. The number of rotatable bonds is 6. The van der Waals surface area contributed by atoms with Crippen molar-refractivity contribution in [1.82, 2.24) is 0 Å². The number of hydrogen-bond donors (Lipinski definition) is 0. The second kappa shape index (κ2) is 8.75. The van der Waals surface area contributed by atoms with E-state index in [4.69, 9.17) is 23.7 Å². The topological polar surface area (TPSA) is 46.2 Å². The van der Waals surface area contributed by atoms with Crippen LogP contribution in [0, 0.1) is 0 Å². The minimum absolute atomic E-state index is 0.111. The third-order valence-electron chi connectivity index (χ3n) is 7.89. The van der Waals surface area contributed by atoms with Gasteiger partial charge >= 0.3 is 0 Å². The first-order valence-corrected chi connectivity index (χ1v) is 12.7. The van der Waals surface area contributed by atoms with Crippen LogP contribution in [0.25, 0.3) is 0 Å². The molecule has 5 heteroatoms. The third-order valence-corrected chi connectivity index (χ3v) is 7.89. The zero-order valence-corrected chi connectivity index (χ0v) is 19.4. The van der Waals surface area contributed by atoms with Gasteiger partial charge in [0.1, 0.15) is 0 Å². The SMILES string of the molecule is c1cc2c(cc1CC1(OC3(Cc4ccc5c(c4)OCO5)CCCCC3)CCCCC1)OCO2. The first-order valence-electron chi connectivity index (χ1n) is 12.7. The fraction of sp³-hybridized carbons (Fsp3) is 0.571. The molecule has 0 bridgehead atoms. The van der Waals surface area contributed by atoms with Gasteiger partial charge in [0.15, 0.2) is 23.0 Å². The van der Waals surface area contributed by atoms with Gasteiger partial charge in [0, 0.05) is 12.8 Å². The summed E-state index contributed by atoms with van der Waals surface area (Å²) in [6.45, 7) is 0.637. The Morgan fingerprint density at radius 2 is 0.970 bits per heavy atom. The minimum atomic E-state index is -0.111. The van der Waals surface area contributed by atoms with Gasteiger partial charge in [0.25, 0.3) is 0 Å². The molecule has 176 valence electrons. The van der Waals surface area contributed by atoms with Gasteiger partial charge in [0.2, 0.25) is 13.6 Å². The largest absolute Gasteiger partial charge is 0.454 e. The van der Waals surface area contributed by atoms with Gasteiger partial charge in [-0.1, -0.05) is 50.7 Å². The highest BCUT2D eigenvalue weighted by molar-refractivity contribution is 5.45. The average molecular weight is 451 g/mol. The van der Waals surface area contributed by atoms with Crippen molar-refractivity contribution in [3.8, 4) is 23.0 Å². The van der Waals surface area contributed by atoms with Gasteiger partial charge in [-0.3, -0.25) is 0 Å². The number of fused-ring (bicyclic) bond motifs is 2. The van der Waals surface area contributed by atoms with E-state index < -0.39 is 0 Å². The Hall–Kier alpha value is -2.40. The molecule has 2 heterocycles. The quantitative estimate of drug-likeness (QED) is 0.513. The van der Waals surface area contributed by atoms with Crippen molar-refractivity contribution in [2.24, 2.45) is 0 Å². The monoisotopic (exact) mass is 450 g/mol. The number of ether oxygens (including phenoxy) is 5. The van der Waals surface area contributed by atoms with Crippen molar-refractivity contribution in [3.63, 3.8) is 0 Å². The van der Waals surface area contributed by atoms with Crippen LogP contribution in [0.4, 0.5) is 0 Å². The van der Waals surface area contributed by atoms with Crippen LogP contribution in [0.15, 0.2) is 36.4 Å². The Morgan fingerprint density at radius 3 is 1.42 bits per heavy atom. The van der Waals surface area contributed by atoms with E-state index in [9.17, 15) is 0 Å². The summed E-state index contributed by atoms with van der Waals surface area (Å²) >= 11 is 0. The Morgan fingerprint density at radius 1 is 0.545 bits per heavy atom. The summed E-state index contributed by atoms with van der Waals surface area (Å²) < 4.78 is 29.8. The van der Waals surface area contributed by atoms with Gasteiger partial charge in [-0.2, -0.15) is 0 Å². The van der Waals surface area contributed by atoms with E-state index in [0.717, 1.165) is 61.5 Å². The van der Waals surface area contributed by atoms with E-state index in [2.05, 4.69) is 36.4 Å². The van der Waals surface area contributed by atoms with E-state index in [1.807, 2.05) is 0 Å². The molecule has 0 atom stereocenters. The maximum absolute atomic E-state index is 7.41. The first kappa shape index (κ1) is 21.2. The van der Waals surface area contributed by atoms with Crippen LogP contribution in [0.5, 0.6) is 23.0 Å². The van der Waals surface area contributed by atoms with Gasteiger partial charge < -0.3 is 23.7 Å². The highest BCUT2D eigenvalue weighted by atomic mass is 16.7. The van der Waals surface area contributed by atoms with Crippen LogP contribution in [0.2, 0.25) is 0 Å². The number of hydrogen-bond acceptors (Lipinski definition) is 5. The summed E-state index contributed by atoms with van der Waals surface area (Å²) in [5.41, 5.74) is 2.35. The van der Waals surface area contributed by atoms with E-state index in [-0.39, 0.29) is 11.2 Å². The van der Waals surface area contributed by atoms with Crippen molar-refractivity contribution >= 4 is 0 Å². The molecule has 0 N–H and O–H groups in total. The molecule has 5 nitrogen and oxygen atoms in total. The molecule has 0 saturated heterocycles. The fourth-order valence-electron chi connectivity index (χ4n) is 6.33. The lowest BCUT2D eigenvalue weighted by molar-refractivity contribution is -0.184. The summed E-state index contributed by atoms with van der Waals surface area (Å²) in [4.78, 5) is 0. The van der Waals surface area contributed by atoms with Gasteiger partial charge in [-0.15, -0.1) is 0 Å². The molecular weight excluding hydrogens is 416 g/mol. The molecule has 2 fully saturated rings. The standard InChI is InChI=1S/C28H34O5/c1-3-11-27(12-4-1,17-21-7-9-23-25(15-21)31-19-29-23)33-28(13-5-2-6-14-28)18-22-8-10-24-26(16-22)32-20-30-24/h7-10,15-16H,1-6,11-14,17-20H2. The molecule has 2 aromatic rings. The van der Waals surface area contributed by atoms with Crippen LogP contribution in [-0.2, 0) is 17.6 Å². The summed E-state index contributed by atoms with van der Waals surface area (Å²) in [6.07, 6.45) is 14.0. The van der Waals surface area contributed by atoms with Crippen molar-refractivity contribution in [1.29, 1.82) is 0 Å². The maximum atomic E-state index is 7.41. The van der Waals surface area contributed by atoms with Crippen LogP contribution in [-0.4, -0.2) is 24.8 Å². The number of benzene rings is 2. The van der Waals surface area contributed by atoms with Crippen LogP contribution < -0.4 is 18.9 Å². The molecule has 33 heavy (non-hydrogen) atoms. The van der Waals surface area contributed by atoms with Gasteiger partial charge in [0.05, 0.1) is 11.2 Å². The molecule has 0 unspecified atom stereocenters. The summed E-state index contributed by atoms with van der Waals surface area (Å²) in [5, 5.41) is 0. The molecule has 2 aliphatic carbocycles. The van der Waals surface area contributed by atoms with Crippen molar-refractivity contribution in [3.05, 3.63) is 47.5 Å². The predicted octanol–water partition coefficient (Wildman–Crippen LogP) is 6.35. The second-order valence-corrected chi connectivity index (χ2v) is 10.3. The lowest BCUT2D eigenvalue weighted by Crippen LogP contribution is -2.49. The van der Waals surface area contributed by atoms with E-state index in [0.29, 0.717) is 13.6 Å². The molecule has 2 aliphatic heterocycles. The van der Waals surface area contributed by atoms with Crippen LogP contribution >= 0.6 is 0 Å². The van der Waals surface area contributed by atoms with Crippen molar-refractivity contribution < 1.29 is 23.7 Å². The Labute approximate surface area is 196 Å². The Bertz CT molecular complexity index is 908. The van der Waals surface area contributed by atoms with E-state index in [1.165, 1.54) is 49.7 Å². The van der Waals surface area contributed by atoms with Crippen LogP contribution in [0.3, 0.4) is 0 Å². The minimum Gasteiger partial charge on any atom is -0.454 e. The fourth-order valence-corrected chi connectivity index (χ4v) is 6.33. The van der Waals surface area contributed by atoms with Gasteiger partial charge in [-0.25, -0.2) is 0 Å². The molecule has 0 radical (unpaired) electrons. The third kappa shape index (κ3) is 4.40. The molecule has 0 amide bonds. The van der Waals surface area contributed by atoms with Crippen LogP contribution in [0.1, 0.15) is 75.3 Å². The predicted molar refractivity (Wildman–Crippen MR) is 125 cm³/mol. The van der Waals surface area contributed by atoms with Crippen molar-refractivity contribution in [2.75, 3.05) is 13.6 Å². The smallest absolute Gasteiger partial charge is 0.231 e. The molecule has 4 aliphatic rings.